The van der Waals surface area contributed by atoms with E-state index >= 15 is 0 Å². The second-order valence-corrected chi connectivity index (χ2v) is 4.06. The summed E-state index contributed by atoms with van der Waals surface area (Å²) in [5, 5.41) is 0. The van der Waals surface area contributed by atoms with Crippen molar-refractivity contribution in [3.8, 4) is 5.75 Å². The van der Waals surface area contributed by atoms with Crippen molar-refractivity contribution in [1.82, 2.24) is 4.90 Å². The molecule has 0 heterocycles. The normalized spacial score (nSPS) is 9.76. The molecule has 0 bridgehead atoms. The van der Waals surface area contributed by atoms with Crippen LogP contribution in [0.5, 0.6) is 5.75 Å². The fraction of sp³-hybridized carbons (Fsp3) is 0.308. The molecule has 1 amide bonds. The number of amides is 1. The van der Waals surface area contributed by atoms with Gasteiger partial charge in [-0.2, -0.15) is 0 Å². The van der Waals surface area contributed by atoms with E-state index in [1.165, 1.54) is 0 Å². The fourth-order valence-electron chi connectivity index (χ4n) is 1.31. The van der Waals surface area contributed by atoms with E-state index in [0.717, 1.165) is 5.57 Å². The lowest BCUT2D eigenvalue weighted by Crippen LogP contribution is -2.32. The van der Waals surface area contributed by atoms with Gasteiger partial charge in [0.2, 0.25) is 0 Å². The average Bonchev–Trinajstić information content (AvgIpc) is 2.27. The van der Waals surface area contributed by atoms with Crippen LogP contribution in [0, 0.1) is 0 Å². The molecular formula is C13H18N2O2. The highest BCUT2D eigenvalue weighted by Gasteiger charge is 2.09. The van der Waals surface area contributed by atoms with Crippen LogP contribution in [0.2, 0.25) is 0 Å². The van der Waals surface area contributed by atoms with E-state index in [-0.39, 0.29) is 12.5 Å². The molecular weight excluding hydrogens is 216 g/mol. The summed E-state index contributed by atoms with van der Waals surface area (Å²) in [5.74, 6) is 0.557. The first kappa shape index (κ1) is 13.1. The molecule has 4 nitrogen and oxygen atoms in total. The molecule has 92 valence electrons. The maximum Gasteiger partial charge on any atom is 0.260 e. The number of hydrogen-bond donors (Lipinski definition) is 1. The van der Waals surface area contributed by atoms with Crippen molar-refractivity contribution in [1.29, 1.82) is 0 Å². The predicted molar refractivity (Wildman–Crippen MR) is 68.8 cm³/mol. The number of carbonyl (C=O) groups excluding carboxylic acids is 1. The lowest BCUT2D eigenvalue weighted by molar-refractivity contribution is -0.131. The first-order chi connectivity index (χ1) is 7.99. The maximum absolute atomic E-state index is 11.7. The number of likely N-dealkylation sites (N-methyl/N-ethyl adjacent to an activating group) is 1. The third kappa shape index (κ3) is 4.59. The first-order valence-corrected chi connectivity index (χ1v) is 5.35. The Bertz CT molecular complexity index is 398. The van der Waals surface area contributed by atoms with Gasteiger partial charge in [0.25, 0.3) is 5.91 Å². The molecule has 4 heteroatoms. The summed E-state index contributed by atoms with van der Waals surface area (Å²) in [6.45, 7) is 6.20. The SMILES string of the molecule is C=C(C)CN(C)C(=O)COc1ccc(N)cc1. The van der Waals surface area contributed by atoms with Gasteiger partial charge in [-0.05, 0) is 31.2 Å². The van der Waals surface area contributed by atoms with Crippen LogP contribution in [0.15, 0.2) is 36.4 Å². The van der Waals surface area contributed by atoms with Crippen molar-refractivity contribution in [3.05, 3.63) is 36.4 Å². The summed E-state index contributed by atoms with van der Waals surface area (Å²) >= 11 is 0. The smallest absolute Gasteiger partial charge is 0.260 e. The number of carbonyl (C=O) groups is 1. The predicted octanol–water partition coefficient (Wildman–Crippen LogP) is 1.68. The molecule has 0 fully saturated rings. The summed E-state index contributed by atoms with van der Waals surface area (Å²) in [6, 6.07) is 6.94. The van der Waals surface area contributed by atoms with Gasteiger partial charge in [-0.25, -0.2) is 0 Å². The monoisotopic (exact) mass is 234 g/mol. The highest BCUT2D eigenvalue weighted by molar-refractivity contribution is 5.77. The average molecular weight is 234 g/mol. The van der Waals surface area contributed by atoms with E-state index in [4.69, 9.17) is 10.5 Å². The van der Waals surface area contributed by atoms with Crippen LogP contribution in [0.3, 0.4) is 0 Å². The van der Waals surface area contributed by atoms with E-state index in [0.29, 0.717) is 18.0 Å². The Morgan fingerprint density at radius 1 is 1.41 bits per heavy atom. The third-order valence-electron chi connectivity index (χ3n) is 2.18. The number of nitrogen functional groups attached to an aromatic ring is 1. The van der Waals surface area contributed by atoms with Crippen molar-refractivity contribution < 1.29 is 9.53 Å². The van der Waals surface area contributed by atoms with Crippen molar-refractivity contribution in [3.63, 3.8) is 0 Å². The third-order valence-corrected chi connectivity index (χ3v) is 2.18. The van der Waals surface area contributed by atoms with Crippen LogP contribution in [-0.2, 0) is 4.79 Å². The van der Waals surface area contributed by atoms with Crippen LogP contribution in [0.4, 0.5) is 5.69 Å². The van der Waals surface area contributed by atoms with Gasteiger partial charge in [0.05, 0.1) is 0 Å². The van der Waals surface area contributed by atoms with Gasteiger partial charge in [0, 0.05) is 19.3 Å². The van der Waals surface area contributed by atoms with Gasteiger partial charge in [0.1, 0.15) is 5.75 Å². The van der Waals surface area contributed by atoms with Crippen LogP contribution in [0.25, 0.3) is 0 Å². The summed E-state index contributed by atoms with van der Waals surface area (Å²) in [4.78, 5) is 13.2. The molecule has 0 spiro atoms. The van der Waals surface area contributed by atoms with Crippen LogP contribution < -0.4 is 10.5 Å². The minimum atomic E-state index is -0.0789. The van der Waals surface area contributed by atoms with E-state index in [1.807, 2.05) is 6.92 Å². The lowest BCUT2D eigenvalue weighted by Gasteiger charge is -2.17. The Morgan fingerprint density at radius 2 is 2.00 bits per heavy atom. The molecule has 0 saturated carbocycles. The highest BCUT2D eigenvalue weighted by atomic mass is 16.5. The minimum absolute atomic E-state index is 0.0215. The van der Waals surface area contributed by atoms with E-state index in [9.17, 15) is 4.79 Å². The molecule has 0 aliphatic heterocycles. The zero-order valence-electron chi connectivity index (χ0n) is 10.3. The number of benzene rings is 1. The van der Waals surface area contributed by atoms with Crippen LogP contribution in [0.1, 0.15) is 6.92 Å². The number of nitrogens with two attached hydrogens (primary N) is 1. The number of rotatable bonds is 5. The van der Waals surface area contributed by atoms with Crippen molar-refractivity contribution in [2.24, 2.45) is 0 Å². The van der Waals surface area contributed by atoms with Crippen molar-refractivity contribution >= 4 is 11.6 Å². The Labute approximate surface area is 102 Å². The first-order valence-electron chi connectivity index (χ1n) is 5.35. The van der Waals surface area contributed by atoms with E-state index < -0.39 is 0 Å². The molecule has 1 rings (SSSR count). The van der Waals surface area contributed by atoms with Gasteiger partial charge in [0.15, 0.2) is 6.61 Å². The van der Waals surface area contributed by atoms with Crippen molar-refractivity contribution in [2.45, 2.75) is 6.92 Å². The summed E-state index contributed by atoms with van der Waals surface area (Å²) in [5.41, 5.74) is 7.15. The van der Waals surface area contributed by atoms with Crippen molar-refractivity contribution in [2.75, 3.05) is 25.9 Å². The van der Waals surface area contributed by atoms with E-state index in [2.05, 4.69) is 6.58 Å². The number of anilines is 1. The minimum Gasteiger partial charge on any atom is -0.484 e. The van der Waals surface area contributed by atoms with Gasteiger partial charge < -0.3 is 15.4 Å². The molecule has 1 aromatic carbocycles. The summed E-state index contributed by atoms with van der Waals surface area (Å²) < 4.78 is 5.35. The van der Waals surface area contributed by atoms with Gasteiger partial charge >= 0.3 is 0 Å². The molecule has 0 atom stereocenters. The van der Waals surface area contributed by atoms with Crippen LogP contribution in [-0.4, -0.2) is 31.0 Å². The van der Waals surface area contributed by atoms with Gasteiger partial charge in [-0.15, -0.1) is 0 Å². The standard InChI is InChI=1S/C13H18N2O2/c1-10(2)8-15(3)13(16)9-17-12-6-4-11(14)5-7-12/h4-7H,1,8-9,14H2,2-3H3. The Morgan fingerprint density at radius 3 is 2.53 bits per heavy atom. The second-order valence-electron chi connectivity index (χ2n) is 4.06. The summed E-state index contributed by atoms with van der Waals surface area (Å²) in [7, 11) is 1.73. The van der Waals surface area contributed by atoms with E-state index in [1.54, 1.807) is 36.2 Å². The molecule has 0 aromatic heterocycles. The highest BCUT2D eigenvalue weighted by Crippen LogP contribution is 2.12. The number of ether oxygens (including phenoxy) is 1. The van der Waals surface area contributed by atoms with Crippen LogP contribution >= 0.6 is 0 Å². The topological polar surface area (TPSA) is 55.6 Å². The Kier molecular flexibility index (Phi) is 4.57. The van der Waals surface area contributed by atoms with Gasteiger partial charge in [-0.3, -0.25) is 4.79 Å². The molecule has 17 heavy (non-hydrogen) atoms. The molecule has 0 radical (unpaired) electrons. The molecule has 2 N–H and O–H groups in total. The Hall–Kier alpha value is -1.97. The molecule has 0 aliphatic rings. The summed E-state index contributed by atoms with van der Waals surface area (Å²) in [6.07, 6.45) is 0. The molecule has 1 aromatic rings. The second kappa shape index (κ2) is 5.94. The quantitative estimate of drug-likeness (QED) is 0.623. The number of nitrogens with zero attached hydrogens (tertiary/aromatic N) is 1. The largest absolute Gasteiger partial charge is 0.484 e. The Balaban J connectivity index is 2.42. The zero-order chi connectivity index (χ0) is 12.8. The molecule has 0 saturated heterocycles. The molecule has 0 unspecified atom stereocenters. The van der Waals surface area contributed by atoms with Gasteiger partial charge in [-0.1, -0.05) is 12.2 Å². The number of hydrogen-bond acceptors (Lipinski definition) is 3. The fourth-order valence-corrected chi connectivity index (χ4v) is 1.31. The lowest BCUT2D eigenvalue weighted by atomic mass is 10.3. The maximum atomic E-state index is 11.7. The zero-order valence-corrected chi connectivity index (χ0v) is 10.3. The molecule has 0 aliphatic carbocycles.